The summed E-state index contributed by atoms with van der Waals surface area (Å²) < 4.78 is 27.3. The predicted molar refractivity (Wildman–Crippen MR) is 84.5 cm³/mol. The number of aromatic amines is 1. The van der Waals surface area contributed by atoms with Gasteiger partial charge < -0.3 is 10.3 Å². The van der Waals surface area contributed by atoms with Crippen LogP contribution in [0.15, 0.2) is 17.2 Å². The van der Waals surface area contributed by atoms with E-state index in [4.69, 9.17) is 0 Å². The SMILES string of the molecule is CC(C)NCc1cc(S(=O)(=O)N2CCCC2C(C)C)c[nH]1. The summed E-state index contributed by atoms with van der Waals surface area (Å²) in [4.78, 5) is 3.45. The van der Waals surface area contributed by atoms with E-state index in [0.717, 1.165) is 18.5 Å². The molecule has 120 valence electrons. The number of hydrogen-bond acceptors (Lipinski definition) is 3. The third-order valence-corrected chi connectivity index (χ3v) is 5.94. The molecule has 1 atom stereocenters. The van der Waals surface area contributed by atoms with E-state index in [2.05, 4.69) is 38.0 Å². The van der Waals surface area contributed by atoms with E-state index < -0.39 is 10.0 Å². The first-order valence-corrected chi connectivity index (χ1v) is 9.19. The normalized spacial score (nSPS) is 20.8. The van der Waals surface area contributed by atoms with E-state index in [9.17, 15) is 8.42 Å². The van der Waals surface area contributed by atoms with Crippen molar-refractivity contribution in [2.75, 3.05) is 6.54 Å². The molecule has 0 bridgehead atoms. The third-order valence-electron chi connectivity index (χ3n) is 4.04. The molecule has 1 aliphatic heterocycles. The number of H-pyrrole nitrogens is 1. The lowest BCUT2D eigenvalue weighted by Crippen LogP contribution is -2.38. The van der Waals surface area contributed by atoms with E-state index in [1.54, 1.807) is 16.6 Å². The van der Waals surface area contributed by atoms with E-state index in [-0.39, 0.29) is 6.04 Å². The van der Waals surface area contributed by atoms with Crippen molar-refractivity contribution in [3.63, 3.8) is 0 Å². The number of nitrogens with zero attached hydrogens (tertiary/aromatic N) is 1. The lowest BCUT2D eigenvalue weighted by Gasteiger charge is -2.26. The van der Waals surface area contributed by atoms with E-state index in [1.165, 1.54) is 0 Å². The van der Waals surface area contributed by atoms with Crippen molar-refractivity contribution in [1.82, 2.24) is 14.6 Å². The Labute approximate surface area is 128 Å². The summed E-state index contributed by atoms with van der Waals surface area (Å²) in [5, 5.41) is 3.28. The number of nitrogens with one attached hydrogen (secondary N) is 2. The molecule has 0 aliphatic carbocycles. The van der Waals surface area contributed by atoms with Gasteiger partial charge >= 0.3 is 0 Å². The van der Waals surface area contributed by atoms with Gasteiger partial charge in [-0.15, -0.1) is 0 Å². The molecule has 2 heterocycles. The average Bonchev–Trinajstić information content (AvgIpc) is 3.05. The molecule has 1 unspecified atom stereocenters. The van der Waals surface area contributed by atoms with Crippen LogP contribution >= 0.6 is 0 Å². The van der Waals surface area contributed by atoms with Gasteiger partial charge in [0.2, 0.25) is 10.0 Å². The Hall–Kier alpha value is -0.850. The molecule has 1 fully saturated rings. The lowest BCUT2D eigenvalue weighted by atomic mass is 10.0. The summed E-state index contributed by atoms with van der Waals surface area (Å²) in [5.41, 5.74) is 0.905. The van der Waals surface area contributed by atoms with Crippen molar-refractivity contribution < 1.29 is 8.42 Å². The molecule has 0 saturated carbocycles. The number of hydrogen-bond donors (Lipinski definition) is 2. The second-order valence-corrected chi connectivity index (χ2v) is 8.36. The topological polar surface area (TPSA) is 65.2 Å². The van der Waals surface area contributed by atoms with Gasteiger partial charge in [0.25, 0.3) is 0 Å². The van der Waals surface area contributed by atoms with Gasteiger partial charge in [0.05, 0.1) is 4.90 Å². The van der Waals surface area contributed by atoms with Crippen LogP contribution in [0.2, 0.25) is 0 Å². The molecule has 1 aromatic rings. The van der Waals surface area contributed by atoms with Crippen LogP contribution in [0.4, 0.5) is 0 Å². The molecule has 1 aliphatic rings. The largest absolute Gasteiger partial charge is 0.363 e. The van der Waals surface area contributed by atoms with Gasteiger partial charge in [-0.25, -0.2) is 8.42 Å². The summed E-state index contributed by atoms with van der Waals surface area (Å²) in [6, 6.07) is 2.25. The molecule has 0 spiro atoms. The number of sulfonamides is 1. The zero-order valence-corrected chi connectivity index (χ0v) is 14.2. The average molecular weight is 313 g/mol. The standard InChI is InChI=1S/C15H27N3O2S/c1-11(2)15-6-5-7-18(15)21(19,20)14-8-13(17-10-14)9-16-12(3)4/h8,10-12,15-17H,5-7,9H2,1-4H3. The fraction of sp³-hybridized carbons (Fsp3) is 0.733. The Morgan fingerprint density at radius 3 is 2.71 bits per heavy atom. The van der Waals surface area contributed by atoms with Gasteiger partial charge in [0.15, 0.2) is 0 Å². The molecule has 0 amide bonds. The highest BCUT2D eigenvalue weighted by molar-refractivity contribution is 7.89. The molecule has 1 saturated heterocycles. The first-order chi connectivity index (χ1) is 9.82. The Morgan fingerprint density at radius 1 is 1.38 bits per heavy atom. The van der Waals surface area contributed by atoms with Crippen LogP contribution in [-0.4, -0.2) is 36.3 Å². The molecule has 2 N–H and O–H groups in total. The molecule has 21 heavy (non-hydrogen) atoms. The summed E-state index contributed by atoms with van der Waals surface area (Å²) >= 11 is 0. The van der Waals surface area contributed by atoms with E-state index >= 15 is 0 Å². The van der Waals surface area contributed by atoms with Crippen molar-refractivity contribution in [2.24, 2.45) is 5.92 Å². The van der Waals surface area contributed by atoms with Gasteiger partial charge in [-0.3, -0.25) is 0 Å². The predicted octanol–water partition coefficient (Wildman–Crippen LogP) is 2.32. The van der Waals surface area contributed by atoms with Crippen LogP contribution in [0.3, 0.4) is 0 Å². The summed E-state index contributed by atoms with van der Waals surface area (Å²) in [5.74, 6) is 0.350. The van der Waals surface area contributed by atoms with Gasteiger partial charge in [0.1, 0.15) is 0 Å². The molecule has 5 nitrogen and oxygen atoms in total. The lowest BCUT2D eigenvalue weighted by molar-refractivity contribution is 0.316. The quantitative estimate of drug-likeness (QED) is 0.847. The summed E-state index contributed by atoms with van der Waals surface area (Å²) in [6.45, 7) is 9.61. The highest BCUT2D eigenvalue weighted by Gasteiger charge is 2.37. The van der Waals surface area contributed by atoms with Crippen molar-refractivity contribution in [1.29, 1.82) is 0 Å². The monoisotopic (exact) mass is 313 g/mol. The fourth-order valence-electron chi connectivity index (χ4n) is 2.85. The Bertz CT molecular complexity index is 563. The molecule has 0 radical (unpaired) electrons. The maximum absolute atomic E-state index is 12.8. The highest BCUT2D eigenvalue weighted by atomic mass is 32.2. The minimum Gasteiger partial charge on any atom is -0.363 e. The summed E-state index contributed by atoms with van der Waals surface area (Å²) in [7, 11) is -3.38. The molecule has 1 aromatic heterocycles. The van der Waals surface area contributed by atoms with Crippen LogP contribution in [0.1, 0.15) is 46.2 Å². The van der Waals surface area contributed by atoms with E-state index in [0.29, 0.717) is 29.9 Å². The van der Waals surface area contributed by atoms with Crippen LogP contribution < -0.4 is 5.32 Å². The first-order valence-electron chi connectivity index (χ1n) is 7.75. The number of aromatic nitrogens is 1. The van der Waals surface area contributed by atoms with Gasteiger partial charge in [-0.05, 0) is 24.8 Å². The molecule has 2 rings (SSSR count). The second kappa shape index (κ2) is 6.50. The maximum atomic E-state index is 12.8. The van der Waals surface area contributed by atoms with Gasteiger partial charge in [-0.2, -0.15) is 4.31 Å². The Balaban J connectivity index is 2.16. The van der Waals surface area contributed by atoms with Crippen molar-refractivity contribution >= 4 is 10.0 Å². The Morgan fingerprint density at radius 2 is 2.10 bits per heavy atom. The van der Waals surface area contributed by atoms with E-state index in [1.807, 2.05) is 0 Å². The van der Waals surface area contributed by atoms with Crippen molar-refractivity contribution in [3.05, 3.63) is 18.0 Å². The third kappa shape index (κ3) is 3.67. The van der Waals surface area contributed by atoms with Crippen LogP contribution in [0.25, 0.3) is 0 Å². The highest BCUT2D eigenvalue weighted by Crippen LogP contribution is 2.30. The van der Waals surface area contributed by atoms with Crippen LogP contribution in [0.5, 0.6) is 0 Å². The molecular weight excluding hydrogens is 286 g/mol. The second-order valence-electron chi connectivity index (χ2n) is 6.47. The van der Waals surface area contributed by atoms with Crippen molar-refractivity contribution in [3.8, 4) is 0 Å². The van der Waals surface area contributed by atoms with Gasteiger partial charge in [0, 0.05) is 37.1 Å². The minimum atomic E-state index is -3.38. The molecule has 0 aromatic carbocycles. The smallest absolute Gasteiger partial charge is 0.244 e. The summed E-state index contributed by atoms with van der Waals surface area (Å²) in [6.07, 6.45) is 3.53. The van der Waals surface area contributed by atoms with Crippen LogP contribution in [0, 0.1) is 5.92 Å². The number of rotatable bonds is 6. The zero-order valence-electron chi connectivity index (χ0n) is 13.4. The zero-order chi connectivity index (χ0) is 15.6. The maximum Gasteiger partial charge on any atom is 0.244 e. The molecular formula is C15H27N3O2S. The first kappa shape index (κ1) is 16.5. The van der Waals surface area contributed by atoms with Gasteiger partial charge in [-0.1, -0.05) is 27.7 Å². The molecule has 6 heteroatoms. The minimum absolute atomic E-state index is 0.127. The van der Waals surface area contributed by atoms with Crippen LogP contribution in [-0.2, 0) is 16.6 Å². The fourth-order valence-corrected chi connectivity index (χ4v) is 4.69. The Kier molecular flexibility index (Phi) is 5.11. The van der Waals surface area contributed by atoms with Crippen molar-refractivity contribution in [2.45, 2.75) is 64.1 Å².